The summed E-state index contributed by atoms with van der Waals surface area (Å²) in [6.07, 6.45) is -0.978. The molecule has 1 amide bonds. The van der Waals surface area contributed by atoms with Gasteiger partial charge in [-0.2, -0.15) is 18.3 Å². The van der Waals surface area contributed by atoms with E-state index in [-0.39, 0.29) is 43.2 Å². The van der Waals surface area contributed by atoms with Crippen LogP contribution in [0.3, 0.4) is 0 Å². The van der Waals surface area contributed by atoms with Crippen LogP contribution in [0.2, 0.25) is 0 Å². The first kappa shape index (κ1) is 23.6. The zero-order chi connectivity index (χ0) is 23.6. The van der Waals surface area contributed by atoms with Gasteiger partial charge in [-0.3, -0.25) is 14.5 Å². The van der Waals surface area contributed by atoms with Crippen molar-refractivity contribution in [1.29, 1.82) is 0 Å². The molecule has 9 nitrogen and oxygen atoms in total. The SMILES string of the molecule is Cn1cc(CNC(=O)C[C@@H]2C[C@H]3O[C@H](CNCc4cnccc4C(F)(F)F)[C@@H](O)[C@H]3O2)cn1. The van der Waals surface area contributed by atoms with Gasteiger partial charge in [0.2, 0.25) is 5.91 Å². The molecule has 0 radical (unpaired) electrons. The van der Waals surface area contributed by atoms with E-state index in [0.29, 0.717) is 13.0 Å². The minimum absolute atomic E-state index is 0.0197. The van der Waals surface area contributed by atoms with Gasteiger partial charge in [-0.1, -0.05) is 0 Å². The summed E-state index contributed by atoms with van der Waals surface area (Å²) in [5, 5.41) is 20.3. The zero-order valence-corrected chi connectivity index (χ0v) is 18.0. The highest BCUT2D eigenvalue weighted by Gasteiger charge is 2.50. The van der Waals surface area contributed by atoms with E-state index < -0.39 is 30.1 Å². The van der Waals surface area contributed by atoms with Gasteiger partial charge in [-0.25, -0.2) is 0 Å². The largest absolute Gasteiger partial charge is 0.416 e. The molecule has 0 aliphatic carbocycles. The Morgan fingerprint density at radius 3 is 2.82 bits per heavy atom. The summed E-state index contributed by atoms with van der Waals surface area (Å²) < 4.78 is 52.6. The Hall–Kier alpha value is -2.54. The molecule has 4 rings (SSSR count). The first-order valence-electron chi connectivity index (χ1n) is 10.6. The molecule has 3 N–H and O–H groups in total. The quantitative estimate of drug-likeness (QED) is 0.527. The van der Waals surface area contributed by atoms with Crippen LogP contribution >= 0.6 is 0 Å². The average molecular weight is 469 g/mol. The summed E-state index contributed by atoms with van der Waals surface area (Å²) in [7, 11) is 1.79. The van der Waals surface area contributed by atoms with E-state index in [1.165, 1.54) is 6.20 Å². The number of carbonyl (C=O) groups excluding carboxylic acids is 1. The minimum Gasteiger partial charge on any atom is -0.388 e. The summed E-state index contributed by atoms with van der Waals surface area (Å²) in [5.74, 6) is -0.173. The van der Waals surface area contributed by atoms with Crippen LogP contribution in [0.25, 0.3) is 0 Å². The molecular formula is C21H26F3N5O4. The van der Waals surface area contributed by atoms with E-state index >= 15 is 0 Å². The molecule has 180 valence electrons. The standard InChI is InChI=1S/C21H26F3N5O4/c1-29-11-12(7-28-29)6-27-18(30)5-14-4-16-20(32-14)19(31)17(33-16)10-26-9-13-8-25-3-2-15(13)21(22,23)24/h2-3,7-8,11,14,16-17,19-20,26,31H,4-6,9-10H2,1H3,(H,27,30)/t14-,16+,17+,19+,20-/m0/s1. The monoisotopic (exact) mass is 469 g/mol. The molecule has 2 aromatic rings. The molecule has 4 heterocycles. The first-order chi connectivity index (χ1) is 15.7. The van der Waals surface area contributed by atoms with Crippen LogP contribution in [-0.2, 0) is 40.6 Å². The molecule has 0 spiro atoms. The molecule has 2 saturated heterocycles. The molecule has 2 aliphatic heterocycles. The van der Waals surface area contributed by atoms with Crippen LogP contribution in [0.1, 0.15) is 29.5 Å². The Labute approximate surface area is 188 Å². The number of hydrogen-bond acceptors (Lipinski definition) is 7. The highest BCUT2D eigenvalue weighted by atomic mass is 19.4. The number of halogens is 3. The second-order valence-electron chi connectivity index (χ2n) is 8.33. The molecule has 0 bridgehead atoms. The lowest BCUT2D eigenvalue weighted by atomic mass is 10.1. The first-order valence-corrected chi connectivity index (χ1v) is 10.6. The second-order valence-corrected chi connectivity index (χ2v) is 8.33. The maximum Gasteiger partial charge on any atom is 0.416 e. The number of nitrogens with one attached hydrogen (secondary N) is 2. The summed E-state index contributed by atoms with van der Waals surface area (Å²) >= 11 is 0. The number of alkyl halides is 3. The third-order valence-corrected chi connectivity index (χ3v) is 5.81. The van der Waals surface area contributed by atoms with Gasteiger partial charge in [-0.05, 0) is 11.6 Å². The van der Waals surface area contributed by atoms with Crippen molar-refractivity contribution in [1.82, 2.24) is 25.4 Å². The van der Waals surface area contributed by atoms with Gasteiger partial charge in [0, 0.05) is 57.3 Å². The van der Waals surface area contributed by atoms with E-state index in [2.05, 4.69) is 20.7 Å². The summed E-state index contributed by atoms with van der Waals surface area (Å²) in [6.45, 7) is 0.456. The van der Waals surface area contributed by atoms with Crippen molar-refractivity contribution >= 4 is 5.91 Å². The predicted molar refractivity (Wildman–Crippen MR) is 109 cm³/mol. The van der Waals surface area contributed by atoms with Crippen LogP contribution in [0.4, 0.5) is 13.2 Å². The van der Waals surface area contributed by atoms with Gasteiger partial charge < -0.3 is 25.2 Å². The molecule has 2 fully saturated rings. The van der Waals surface area contributed by atoms with Crippen LogP contribution in [0.15, 0.2) is 30.9 Å². The van der Waals surface area contributed by atoms with Crippen molar-refractivity contribution in [2.24, 2.45) is 7.05 Å². The smallest absolute Gasteiger partial charge is 0.388 e. The number of amides is 1. The Balaban J connectivity index is 1.21. The lowest BCUT2D eigenvalue weighted by Crippen LogP contribution is -2.39. The molecule has 0 aromatic carbocycles. The molecule has 0 saturated carbocycles. The third kappa shape index (κ3) is 5.69. The van der Waals surface area contributed by atoms with Crippen molar-refractivity contribution in [3.8, 4) is 0 Å². The number of aromatic nitrogens is 3. The molecular weight excluding hydrogens is 443 g/mol. The minimum atomic E-state index is -4.46. The summed E-state index contributed by atoms with van der Waals surface area (Å²) in [5.41, 5.74) is 0.159. The maximum atomic E-state index is 13.1. The topological polar surface area (TPSA) is 111 Å². The van der Waals surface area contributed by atoms with Crippen molar-refractivity contribution in [2.45, 2.75) is 62.6 Å². The molecule has 12 heteroatoms. The van der Waals surface area contributed by atoms with Gasteiger partial charge in [0.15, 0.2) is 0 Å². The fraction of sp³-hybridized carbons (Fsp3) is 0.571. The fourth-order valence-corrected chi connectivity index (χ4v) is 4.25. The lowest BCUT2D eigenvalue weighted by molar-refractivity contribution is -0.138. The summed E-state index contributed by atoms with van der Waals surface area (Å²) in [4.78, 5) is 16.0. The van der Waals surface area contributed by atoms with Crippen molar-refractivity contribution in [3.63, 3.8) is 0 Å². The number of carbonyl (C=O) groups is 1. The average Bonchev–Trinajstić information content (AvgIpc) is 3.43. The number of hydrogen-bond donors (Lipinski definition) is 3. The predicted octanol–water partition coefficient (Wildman–Crippen LogP) is 0.916. The van der Waals surface area contributed by atoms with Crippen molar-refractivity contribution in [2.75, 3.05) is 6.54 Å². The number of aryl methyl sites for hydroxylation is 1. The number of rotatable bonds is 8. The maximum absolute atomic E-state index is 13.1. The third-order valence-electron chi connectivity index (χ3n) is 5.81. The summed E-state index contributed by atoms with van der Waals surface area (Å²) in [6, 6.07) is 0.934. The Morgan fingerprint density at radius 2 is 2.12 bits per heavy atom. The Morgan fingerprint density at radius 1 is 1.30 bits per heavy atom. The highest BCUT2D eigenvalue weighted by Crippen LogP contribution is 2.35. The van der Waals surface area contributed by atoms with Crippen LogP contribution < -0.4 is 10.6 Å². The van der Waals surface area contributed by atoms with Gasteiger partial charge in [0.25, 0.3) is 0 Å². The van der Waals surface area contributed by atoms with Crippen molar-refractivity contribution in [3.05, 3.63) is 47.5 Å². The number of fused-ring (bicyclic) bond motifs is 1. The number of pyridine rings is 1. The number of aliphatic hydroxyl groups is 1. The number of aliphatic hydroxyl groups excluding tert-OH is 1. The van der Waals surface area contributed by atoms with Crippen molar-refractivity contribution < 1.29 is 32.5 Å². The second kappa shape index (κ2) is 9.75. The van der Waals surface area contributed by atoms with Crippen LogP contribution in [0.5, 0.6) is 0 Å². The Kier molecular flexibility index (Phi) is 6.98. The zero-order valence-electron chi connectivity index (χ0n) is 18.0. The number of ether oxygens (including phenoxy) is 2. The Bertz CT molecular complexity index is 969. The molecule has 2 aromatic heterocycles. The molecule has 0 unspecified atom stereocenters. The highest BCUT2D eigenvalue weighted by molar-refractivity contribution is 5.76. The van der Waals surface area contributed by atoms with Gasteiger partial charge in [-0.15, -0.1) is 0 Å². The van der Waals surface area contributed by atoms with E-state index in [9.17, 15) is 23.1 Å². The van der Waals surface area contributed by atoms with E-state index in [1.54, 1.807) is 17.9 Å². The molecule has 33 heavy (non-hydrogen) atoms. The lowest BCUT2D eigenvalue weighted by Gasteiger charge is -2.20. The normalized spacial score (nSPS) is 27.0. The van der Waals surface area contributed by atoms with Crippen LogP contribution in [-0.4, -0.2) is 62.8 Å². The van der Waals surface area contributed by atoms with E-state index in [4.69, 9.17) is 9.47 Å². The van der Waals surface area contributed by atoms with E-state index in [0.717, 1.165) is 17.8 Å². The molecule has 2 aliphatic rings. The van der Waals surface area contributed by atoms with Gasteiger partial charge in [0.1, 0.15) is 12.2 Å². The van der Waals surface area contributed by atoms with Gasteiger partial charge >= 0.3 is 6.18 Å². The van der Waals surface area contributed by atoms with E-state index in [1.807, 2.05) is 6.20 Å². The fourth-order valence-electron chi connectivity index (χ4n) is 4.25. The molecule has 5 atom stereocenters. The van der Waals surface area contributed by atoms with Gasteiger partial charge in [0.05, 0.1) is 36.5 Å². The number of nitrogens with zero attached hydrogens (tertiary/aromatic N) is 3. The van der Waals surface area contributed by atoms with Crippen LogP contribution in [0, 0.1) is 0 Å².